The molecule has 6 heteroatoms. The van der Waals surface area contributed by atoms with Crippen molar-refractivity contribution in [3.05, 3.63) is 58.1 Å². The molecule has 0 aliphatic heterocycles. The summed E-state index contributed by atoms with van der Waals surface area (Å²) in [5.41, 5.74) is 2.43. The lowest BCUT2D eigenvalue weighted by Crippen LogP contribution is -1.99. The molecule has 0 atom stereocenters. The zero-order valence-corrected chi connectivity index (χ0v) is 13.2. The molecular weight excluding hydrogens is 348 g/mol. The van der Waals surface area contributed by atoms with Crippen LogP contribution in [-0.2, 0) is 0 Å². The zero-order valence-electron chi connectivity index (χ0n) is 11.6. The number of aromatic carboxylic acids is 1. The maximum atomic E-state index is 11.0. The molecule has 5 nitrogen and oxygen atoms in total. The quantitative estimate of drug-likeness (QED) is 0.760. The summed E-state index contributed by atoms with van der Waals surface area (Å²) in [6.07, 6.45) is 0. The number of benzene rings is 2. The lowest BCUT2D eigenvalue weighted by molar-refractivity contribution is 0.0696. The third kappa shape index (κ3) is 2.65. The standard InChI is InChI=1S/C16H11BrN2O3/c1-9-8-10(6-7-11(9)16(20)21)14-18-15(22-19-14)12-4-2-3-5-13(12)17/h2-8H,1H3,(H,20,21). The summed E-state index contributed by atoms with van der Waals surface area (Å²) in [6, 6.07) is 12.5. The maximum Gasteiger partial charge on any atom is 0.335 e. The molecule has 0 radical (unpaired) electrons. The molecule has 0 spiro atoms. The van der Waals surface area contributed by atoms with Gasteiger partial charge < -0.3 is 9.63 Å². The fourth-order valence-electron chi connectivity index (χ4n) is 2.13. The first kappa shape index (κ1) is 14.5. The molecule has 0 saturated carbocycles. The Balaban J connectivity index is 1.99. The summed E-state index contributed by atoms with van der Waals surface area (Å²) in [6.45, 7) is 1.74. The predicted octanol–water partition coefficient (Wildman–Crippen LogP) is 4.17. The van der Waals surface area contributed by atoms with E-state index in [0.29, 0.717) is 22.8 Å². The lowest BCUT2D eigenvalue weighted by Gasteiger charge is -2.01. The first-order chi connectivity index (χ1) is 10.6. The van der Waals surface area contributed by atoms with E-state index in [1.165, 1.54) is 0 Å². The van der Waals surface area contributed by atoms with Gasteiger partial charge in [-0.3, -0.25) is 0 Å². The predicted molar refractivity (Wildman–Crippen MR) is 84.6 cm³/mol. The molecule has 1 heterocycles. The van der Waals surface area contributed by atoms with Crippen molar-refractivity contribution in [2.24, 2.45) is 0 Å². The molecule has 22 heavy (non-hydrogen) atoms. The molecular formula is C16H11BrN2O3. The fraction of sp³-hybridized carbons (Fsp3) is 0.0625. The summed E-state index contributed by atoms with van der Waals surface area (Å²) in [5.74, 6) is -0.126. The average Bonchev–Trinajstić information content (AvgIpc) is 2.97. The lowest BCUT2D eigenvalue weighted by atomic mass is 10.0. The average molecular weight is 359 g/mol. The topological polar surface area (TPSA) is 76.2 Å². The minimum atomic E-state index is -0.953. The number of halogens is 1. The van der Waals surface area contributed by atoms with E-state index in [9.17, 15) is 4.79 Å². The fourth-order valence-corrected chi connectivity index (χ4v) is 2.58. The van der Waals surface area contributed by atoms with E-state index in [4.69, 9.17) is 9.63 Å². The number of carboxylic acids is 1. The number of aromatic nitrogens is 2. The summed E-state index contributed by atoms with van der Waals surface area (Å²) in [4.78, 5) is 15.4. The van der Waals surface area contributed by atoms with Crippen LogP contribution in [0.4, 0.5) is 0 Å². The summed E-state index contributed by atoms with van der Waals surface area (Å²) in [5, 5.41) is 13.0. The zero-order chi connectivity index (χ0) is 15.7. The number of hydrogen-bond acceptors (Lipinski definition) is 4. The Hall–Kier alpha value is -2.47. The van der Waals surface area contributed by atoms with Crippen LogP contribution in [0.1, 0.15) is 15.9 Å². The molecule has 0 bridgehead atoms. The van der Waals surface area contributed by atoms with Gasteiger partial charge >= 0.3 is 5.97 Å². The van der Waals surface area contributed by atoms with Crippen LogP contribution in [0.2, 0.25) is 0 Å². The summed E-state index contributed by atoms with van der Waals surface area (Å²) >= 11 is 3.44. The van der Waals surface area contributed by atoms with Crippen LogP contribution in [-0.4, -0.2) is 21.2 Å². The molecule has 0 amide bonds. The van der Waals surface area contributed by atoms with E-state index in [-0.39, 0.29) is 5.56 Å². The summed E-state index contributed by atoms with van der Waals surface area (Å²) < 4.78 is 6.16. The minimum absolute atomic E-state index is 0.262. The molecule has 3 rings (SSSR count). The number of hydrogen-bond donors (Lipinski definition) is 1. The summed E-state index contributed by atoms with van der Waals surface area (Å²) in [7, 11) is 0. The van der Waals surface area contributed by atoms with Gasteiger partial charge in [0.15, 0.2) is 0 Å². The number of nitrogens with zero attached hydrogens (tertiary/aromatic N) is 2. The first-order valence-corrected chi connectivity index (χ1v) is 7.28. The van der Waals surface area contributed by atoms with Gasteiger partial charge in [-0.2, -0.15) is 4.98 Å². The van der Waals surface area contributed by atoms with E-state index < -0.39 is 5.97 Å². The Labute approximate surface area is 134 Å². The van der Waals surface area contributed by atoms with Gasteiger partial charge in [-0.05, 0) is 52.7 Å². The van der Waals surface area contributed by atoms with Crippen LogP contribution in [0.3, 0.4) is 0 Å². The van der Waals surface area contributed by atoms with Gasteiger partial charge in [0.1, 0.15) is 0 Å². The Morgan fingerprint density at radius 2 is 2.00 bits per heavy atom. The Bertz CT molecular complexity index is 858. The molecule has 0 aliphatic carbocycles. The van der Waals surface area contributed by atoms with Crippen molar-refractivity contribution < 1.29 is 14.4 Å². The molecule has 110 valence electrons. The maximum absolute atomic E-state index is 11.0. The highest BCUT2D eigenvalue weighted by Gasteiger charge is 2.14. The second-order valence-electron chi connectivity index (χ2n) is 4.74. The van der Waals surface area contributed by atoms with E-state index in [0.717, 1.165) is 10.0 Å². The minimum Gasteiger partial charge on any atom is -0.478 e. The number of carbonyl (C=O) groups is 1. The van der Waals surface area contributed by atoms with Crippen LogP contribution in [0, 0.1) is 6.92 Å². The van der Waals surface area contributed by atoms with Gasteiger partial charge in [-0.1, -0.05) is 23.4 Å². The molecule has 0 unspecified atom stereocenters. The third-order valence-corrected chi connectivity index (χ3v) is 3.94. The van der Waals surface area contributed by atoms with Crippen LogP contribution >= 0.6 is 15.9 Å². The Morgan fingerprint density at radius 3 is 2.68 bits per heavy atom. The number of aryl methyl sites for hydroxylation is 1. The highest BCUT2D eigenvalue weighted by Crippen LogP contribution is 2.28. The first-order valence-electron chi connectivity index (χ1n) is 6.49. The van der Waals surface area contributed by atoms with Crippen molar-refractivity contribution in [3.8, 4) is 22.8 Å². The monoisotopic (exact) mass is 358 g/mol. The van der Waals surface area contributed by atoms with Gasteiger partial charge in [0, 0.05) is 10.0 Å². The van der Waals surface area contributed by atoms with E-state index in [2.05, 4.69) is 26.1 Å². The van der Waals surface area contributed by atoms with Crippen molar-refractivity contribution in [1.29, 1.82) is 0 Å². The normalized spacial score (nSPS) is 10.6. The highest BCUT2D eigenvalue weighted by molar-refractivity contribution is 9.10. The van der Waals surface area contributed by atoms with Gasteiger partial charge in [0.05, 0.1) is 11.1 Å². The third-order valence-electron chi connectivity index (χ3n) is 3.25. The molecule has 2 aromatic carbocycles. The molecule has 1 aromatic heterocycles. The van der Waals surface area contributed by atoms with Crippen LogP contribution < -0.4 is 0 Å². The van der Waals surface area contributed by atoms with Crippen molar-refractivity contribution >= 4 is 21.9 Å². The Morgan fingerprint density at radius 1 is 1.23 bits per heavy atom. The van der Waals surface area contributed by atoms with E-state index in [1.807, 2.05) is 24.3 Å². The van der Waals surface area contributed by atoms with Gasteiger partial charge in [-0.25, -0.2) is 4.79 Å². The van der Waals surface area contributed by atoms with Crippen LogP contribution in [0.5, 0.6) is 0 Å². The highest BCUT2D eigenvalue weighted by atomic mass is 79.9. The van der Waals surface area contributed by atoms with Crippen molar-refractivity contribution in [1.82, 2.24) is 10.1 Å². The van der Waals surface area contributed by atoms with Crippen molar-refractivity contribution in [3.63, 3.8) is 0 Å². The van der Waals surface area contributed by atoms with E-state index >= 15 is 0 Å². The molecule has 0 aliphatic rings. The number of rotatable bonds is 3. The van der Waals surface area contributed by atoms with Gasteiger partial charge in [0.25, 0.3) is 5.89 Å². The molecule has 0 fully saturated rings. The molecule has 0 saturated heterocycles. The second-order valence-corrected chi connectivity index (χ2v) is 5.59. The van der Waals surface area contributed by atoms with Gasteiger partial charge in [-0.15, -0.1) is 0 Å². The van der Waals surface area contributed by atoms with Crippen LogP contribution in [0.15, 0.2) is 51.5 Å². The molecule has 1 N–H and O–H groups in total. The van der Waals surface area contributed by atoms with Crippen LogP contribution in [0.25, 0.3) is 22.8 Å². The van der Waals surface area contributed by atoms with Crippen molar-refractivity contribution in [2.75, 3.05) is 0 Å². The largest absolute Gasteiger partial charge is 0.478 e. The molecule has 3 aromatic rings. The Kier molecular flexibility index (Phi) is 3.77. The SMILES string of the molecule is Cc1cc(-c2noc(-c3ccccc3Br)n2)ccc1C(=O)O. The van der Waals surface area contributed by atoms with Gasteiger partial charge in [0.2, 0.25) is 5.82 Å². The number of carboxylic acid groups (broad SMARTS) is 1. The smallest absolute Gasteiger partial charge is 0.335 e. The van der Waals surface area contributed by atoms with E-state index in [1.54, 1.807) is 25.1 Å². The second kappa shape index (κ2) is 5.73. The van der Waals surface area contributed by atoms with Crippen molar-refractivity contribution in [2.45, 2.75) is 6.92 Å².